The smallest absolute Gasteiger partial charge is 0.129 e. The van der Waals surface area contributed by atoms with Crippen molar-refractivity contribution in [3.63, 3.8) is 0 Å². The molecule has 0 aromatic carbocycles. The Labute approximate surface area is 67.2 Å². The lowest BCUT2D eigenvalue weighted by Gasteiger charge is -2.24. The molecule has 0 spiro atoms. The van der Waals surface area contributed by atoms with Crippen LogP contribution in [0, 0.1) is 5.41 Å². The number of ether oxygens (including phenoxy) is 1. The van der Waals surface area contributed by atoms with E-state index in [0.29, 0.717) is 6.61 Å². The maximum absolute atomic E-state index is 10.6. The minimum Gasteiger partial charge on any atom is -0.377 e. The summed E-state index contributed by atoms with van der Waals surface area (Å²) in [6, 6.07) is 0. The Morgan fingerprint density at radius 1 is 1.64 bits per heavy atom. The van der Waals surface area contributed by atoms with Gasteiger partial charge in [0, 0.05) is 5.41 Å². The van der Waals surface area contributed by atoms with Crippen molar-refractivity contribution in [2.24, 2.45) is 5.41 Å². The summed E-state index contributed by atoms with van der Waals surface area (Å²) < 4.78 is 5.15. The molecule has 0 aromatic rings. The number of aldehydes is 1. The van der Waals surface area contributed by atoms with Crippen LogP contribution in [0.4, 0.5) is 0 Å². The van der Waals surface area contributed by atoms with Gasteiger partial charge in [-0.15, -0.1) is 0 Å². The Bertz CT molecular complexity index is 180. The van der Waals surface area contributed by atoms with E-state index in [9.17, 15) is 4.79 Å². The van der Waals surface area contributed by atoms with Crippen molar-refractivity contribution in [1.29, 1.82) is 0 Å². The van der Waals surface area contributed by atoms with E-state index in [4.69, 9.17) is 4.74 Å². The highest BCUT2D eigenvalue weighted by Crippen LogP contribution is 2.27. The molecular formula is C9H14O2. The van der Waals surface area contributed by atoms with Gasteiger partial charge in [-0.25, -0.2) is 0 Å². The third kappa shape index (κ3) is 1.90. The number of hydrogen-bond donors (Lipinski definition) is 0. The second-order valence-electron chi connectivity index (χ2n) is 3.39. The van der Waals surface area contributed by atoms with Gasteiger partial charge in [-0.1, -0.05) is 11.6 Å². The standard InChI is InChI=1S/C9H14O2/c1-9(2,7-10)8-3-5-11-6-4-8/h3,7H,4-6H2,1-2H3. The van der Waals surface area contributed by atoms with Crippen molar-refractivity contribution in [2.75, 3.05) is 13.2 Å². The monoisotopic (exact) mass is 154 g/mol. The van der Waals surface area contributed by atoms with Crippen molar-refractivity contribution < 1.29 is 9.53 Å². The van der Waals surface area contributed by atoms with E-state index in [1.54, 1.807) is 0 Å². The average molecular weight is 154 g/mol. The summed E-state index contributed by atoms with van der Waals surface area (Å²) in [5.41, 5.74) is 0.919. The van der Waals surface area contributed by atoms with Gasteiger partial charge in [0.2, 0.25) is 0 Å². The molecule has 2 nitrogen and oxygen atoms in total. The fourth-order valence-corrected chi connectivity index (χ4v) is 1.19. The fourth-order valence-electron chi connectivity index (χ4n) is 1.19. The van der Waals surface area contributed by atoms with Crippen LogP contribution in [0.1, 0.15) is 20.3 Å². The van der Waals surface area contributed by atoms with E-state index in [1.807, 2.05) is 19.9 Å². The molecule has 62 valence electrons. The predicted molar refractivity (Wildman–Crippen MR) is 43.4 cm³/mol. The Hall–Kier alpha value is -0.630. The van der Waals surface area contributed by atoms with Gasteiger partial charge in [0.05, 0.1) is 13.2 Å². The molecule has 1 rings (SSSR count). The molecule has 0 unspecified atom stereocenters. The second kappa shape index (κ2) is 3.18. The molecule has 0 bridgehead atoms. The molecule has 0 amide bonds. The number of rotatable bonds is 2. The molecule has 11 heavy (non-hydrogen) atoms. The summed E-state index contributed by atoms with van der Waals surface area (Å²) in [5, 5.41) is 0. The van der Waals surface area contributed by atoms with Crippen molar-refractivity contribution in [3.8, 4) is 0 Å². The lowest BCUT2D eigenvalue weighted by Crippen LogP contribution is -2.21. The molecule has 0 radical (unpaired) electrons. The zero-order valence-corrected chi connectivity index (χ0v) is 7.09. The SMILES string of the molecule is CC(C)(C=O)C1=CCOCC1. The number of hydrogen-bond acceptors (Lipinski definition) is 2. The molecule has 0 N–H and O–H groups in total. The van der Waals surface area contributed by atoms with Crippen LogP contribution in [0.3, 0.4) is 0 Å². The van der Waals surface area contributed by atoms with Gasteiger partial charge in [-0.2, -0.15) is 0 Å². The second-order valence-corrected chi connectivity index (χ2v) is 3.39. The van der Waals surface area contributed by atoms with Gasteiger partial charge in [0.25, 0.3) is 0 Å². The van der Waals surface area contributed by atoms with Crippen LogP contribution in [0.15, 0.2) is 11.6 Å². The maximum Gasteiger partial charge on any atom is 0.129 e. The normalized spacial score (nSPS) is 19.3. The molecule has 1 aliphatic heterocycles. The fraction of sp³-hybridized carbons (Fsp3) is 0.667. The minimum absolute atomic E-state index is 0.288. The van der Waals surface area contributed by atoms with Gasteiger partial charge in [-0.3, -0.25) is 0 Å². The van der Waals surface area contributed by atoms with Gasteiger partial charge in [0.15, 0.2) is 0 Å². The highest BCUT2D eigenvalue weighted by molar-refractivity contribution is 5.63. The van der Waals surface area contributed by atoms with Crippen molar-refractivity contribution in [3.05, 3.63) is 11.6 Å². The minimum atomic E-state index is -0.288. The Balaban J connectivity index is 2.71. The maximum atomic E-state index is 10.6. The van der Waals surface area contributed by atoms with Crippen LogP contribution in [-0.4, -0.2) is 19.5 Å². The van der Waals surface area contributed by atoms with E-state index >= 15 is 0 Å². The molecule has 0 saturated heterocycles. The highest BCUT2D eigenvalue weighted by atomic mass is 16.5. The van der Waals surface area contributed by atoms with Gasteiger partial charge in [-0.05, 0) is 20.3 Å². The largest absolute Gasteiger partial charge is 0.377 e. The molecule has 0 atom stereocenters. The zero-order valence-electron chi connectivity index (χ0n) is 7.09. The quantitative estimate of drug-likeness (QED) is 0.445. The van der Waals surface area contributed by atoms with Crippen LogP contribution >= 0.6 is 0 Å². The zero-order chi connectivity index (χ0) is 8.32. The van der Waals surface area contributed by atoms with Crippen LogP contribution < -0.4 is 0 Å². The van der Waals surface area contributed by atoms with Gasteiger partial charge in [0.1, 0.15) is 6.29 Å². The van der Waals surface area contributed by atoms with Gasteiger partial charge >= 0.3 is 0 Å². The molecule has 1 heterocycles. The van der Waals surface area contributed by atoms with Gasteiger partial charge < -0.3 is 9.53 Å². The van der Waals surface area contributed by atoms with Crippen molar-refractivity contribution >= 4 is 6.29 Å². The van der Waals surface area contributed by atoms with Crippen LogP contribution in [0.25, 0.3) is 0 Å². The summed E-state index contributed by atoms with van der Waals surface area (Å²) in [6.07, 6.45) is 3.91. The van der Waals surface area contributed by atoms with Crippen LogP contribution in [-0.2, 0) is 9.53 Å². The first kappa shape index (κ1) is 8.47. The first-order chi connectivity index (χ1) is 5.17. The topological polar surface area (TPSA) is 26.3 Å². The molecule has 2 heteroatoms. The molecule has 0 aliphatic carbocycles. The molecule has 0 aromatic heterocycles. The Morgan fingerprint density at radius 3 is 2.82 bits per heavy atom. The lowest BCUT2D eigenvalue weighted by molar-refractivity contribution is -0.113. The summed E-state index contributed by atoms with van der Waals surface area (Å²) in [6.45, 7) is 5.30. The van der Waals surface area contributed by atoms with E-state index in [1.165, 1.54) is 5.57 Å². The Kier molecular flexibility index (Phi) is 2.45. The first-order valence-electron chi connectivity index (χ1n) is 3.90. The summed E-state index contributed by atoms with van der Waals surface area (Å²) in [5.74, 6) is 0. The van der Waals surface area contributed by atoms with Crippen LogP contribution in [0.5, 0.6) is 0 Å². The van der Waals surface area contributed by atoms with Crippen molar-refractivity contribution in [1.82, 2.24) is 0 Å². The van der Waals surface area contributed by atoms with E-state index < -0.39 is 0 Å². The summed E-state index contributed by atoms with van der Waals surface area (Å²) >= 11 is 0. The van der Waals surface area contributed by atoms with E-state index in [-0.39, 0.29) is 5.41 Å². The summed E-state index contributed by atoms with van der Waals surface area (Å²) in [7, 11) is 0. The third-order valence-electron chi connectivity index (χ3n) is 2.09. The van der Waals surface area contributed by atoms with E-state index in [0.717, 1.165) is 19.3 Å². The third-order valence-corrected chi connectivity index (χ3v) is 2.09. The Morgan fingerprint density at radius 2 is 2.36 bits per heavy atom. The lowest BCUT2D eigenvalue weighted by atomic mass is 9.83. The summed E-state index contributed by atoms with van der Waals surface area (Å²) in [4.78, 5) is 10.6. The highest BCUT2D eigenvalue weighted by Gasteiger charge is 2.23. The number of carbonyl (C=O) groups excluding carboxylic acids is 1. The van der Waals surface area contributed by atoms with E-state index in [2.05, 4.69) is 0 Å². The molecule has 1 aliphatic rings. The molecular weight excluding hydrogens is 140 g/mol. The molecule has 0 fully saturated rings. The molecule has 0 saturated carbocycles. The average Bonchev–Trinajstić information content (AvgIpc) is 2.06. The van der Waals surface area contributed by atoms with Crippen LogP contribution in [0.2, 0.25) is 0 Å². The number of carbonyl (C=O) groups is 1. The first-order valence-corrected chi connectivity index (χ1v) is 3.90. The van der Waals surface area contributed by atoms with Crippen molar-refractivity contribution in [2.45, 2.75) is 20.3 Å². The predicted octanol–water partition coefficient (Wildman–Crippen LogP) is 1.56.